The summed E-state index contributed by atoms with van der Waals surface area (Å²) in [5.74, 6) is 1.56. The summed E-state index contributed by atoms with van der Waals surface area (Å²) in [5, 5.41) is 16.4. The van der Waals surface area contributed by atoms with Gasteiger partial charge in [-0.05, 0) is 73.8 Å². The number of aliphatic hydroxyl groups excluding tert-OH is 1. The van der Waals surface area contributed by atoms with Crippen molar-refractivity contribution in [3.8, 4) is 0 Å². The Kier molecular flexibility index (Phi) is 4.60. The molecule has 1 aliphatic heterocycles. The number of aryl methyl sites for hydroxylation is 2. The molecule has 0 bridgehead atoms. The van der Waals surface area contributed by atoms with Crippen molar-refractivity contribution >= 4 is 27.8 Å². The van der Waals surface area contributed by atoms with E-state index < -0.39 is 0 Å². The van der Waals surface area contributed by atoms with Gasteiger partial charge in [-0.1, -0.05) is 12.1 Å². The highest BCUT2D eigenvalue weighted by atomic mass is 16.3. The Morgan fingerprint density at radius 1 is 1.13 bits per heavy atom. The van der Waals surface area contributed by atoms with Crippen LogP contribution in [0, 0.1) is 5.92 Å². The summed E-state index contributed by atoms with van der Waals surface area (Å²) in [6.45, 7) is 1.01. The molecule has 3 atom stereocenters. The SMILES string of the molecule is O[C@@H]1C[C@@H](CCc2ccc3cc4c(nc3c2)NCCC4)C[C@H]1n1ccc2cncnc21. The van der Waals surface area contributed by atoms with Gasteiger partial charge in [-0.25, -0.2) is 15.0 Å². The Bertz CT molecular complexity index is 1250. The third kappa shape index (κ3) is 3.45. The summed E-state index contributed by atoms with van der Waals surface area (Å²) < 4.78 is 2.14. The van der Waals surface area contributed by atoms with Gasteiger partial charge in [0.25, 0.3) is 0 Å². The first kappa shape index (κ1) is 18.8. The van der Waals surface area contributed by atoms with Crippen LogP contribution in [0.5, 0.6) is 0 Å². The minimum absolute atomic E-state index is 0.0910. The van der Waals surface area contributed by atoms with E-state index in [1.54, 1.807) is 6.33 Å². The van der Waals surface area contributed by atoms with Gasteiger partial charge in [0.15, 0.2) is 0 Å². The normalized spacial score (nSPS) is 23.2. The van der Waals surface area contributed by atoms with Gasteiger partial charge in [-0.2, -0.15) is 0 Å². The Balaban J connectivity index is 1.16. The molecule has 6 heteroatoms. The molecule has 6 rings (SSSR count). The molecule has 2 N–H and O–H groups in total. The summed E-state index contributed by atoms with van der Waals surface area (Å²) in [7, 11) is 0. The van der Waals surface area contributed by atoms with Gasteiger partial charge in [0.2, 0.25) is 0 Å². The molecule has 2 aliphatic rings. The zero-order valence-corrected chi connectivity index (χ0v) is 17.5. The van der Waals surface area contributed by atoms with Crippen molar-refractivity contribution in [2.75, 3.05) is 11.9 Å². The van der Waals surface area contributed by atoms with Crippen molar-refractivity contribution in [3.63, 3.8) is 0 Å². The number of hydrogen-bond acceptors (Lipinski definition) is 5. The van der Waals surface area contributed by atoms with Gasteiger partial charge in [-0.15, -0.1) is 0 Å². The number of nitrogens with zero attached hydrogens (tertiary/aromatic N) is 4. The van der Waals surface area contributed by atoms with Crippen molar-refractivity contribution in [2.45, 2.75) is 50.7 Å². The lowest BCUT2D eigenvalue weighted by molar-refractivity contribution is 0.136. The summed E-state index contributed by atoms with van der Waals surface area (Å²) in [6, 6.07) is 11.1. The first-order valence-corrected chi connectivity index (χ1v) is 11.4. The lowest BCUT2D eigenvalue weighted by Crippen LogP contribution is -2.17. The highest BCUT2D eigenvalue weighted by Gasteiger charge is 2.34. The molecule has 0 radical (unpaired) electrons. The van der Waals surface area contributed by atoms with E-state index in [0.29, 0.717) is 5.92 Å². The van der Waals surface area contributed by atoms with Crippen LogP contribution in [0.15, 0.2) is 49.1 Å². The summed E-state index contributed by atoms with van der Waals surface area (Å²) in [4.78, 5) is 13.4. The summed E-state index contributed by atoms with van der Waals surface area (Å²) >= 11 is 0. The highest BCUT2D eigenvalue weighted by molar-refractivity contribution is 5.82. The molecule has 1 aromatic carbocycles. The maximum atomic E-state index is 10.8. The lowest BCUT2D eigenvalue weighted by atomic mass is 9.96. The average Bonchev–Trinajstić information content (AvgIpc) is 3.39. The largest absolute Gasteiger partial charge is 0.391 e. The first-order chi connectivity index (χ1) is 15.2. The van der Waals surface area contributed by atoms with Crippen LogP contribution in [0.25, 0.3) is 21.9 Å². The van der Waals surface area contributed by atoms with Crippen molar-refractivity contribution in [1.29, 1.82) is 0 Å². The number of aromatic nitrogens is 4. The molecule has 0 amide bonds. The van der Waals surface area contributed by atoms with E-state index in [4.69, 9.17) is 4.98 Å². The number of hydrogen-bond donors (Lipinski definition) is 2. The van der Waals surface area contributed by atoms with E-state index in [1.807, 2.05) is 18.5 Å². The minimum atomic E-state index is -0.327. The Labute approximate surface area is 181 Å². The minimum Gasteiger partial charge on any atom is -0.391 e. The molecular formula is C25H27N5O. The van der Waals surface area contributed by atoms with E-state index in [-0.39, 0.29) is 12.1 Å². The molecule has 6 nitrogen and oxygen atoms in total. The number of pyridine rings is 1. The monoisotopic (exact) mass is 413 g/mol. The smallest absolute Gasteiger partial charge is 0.143 e. The number of fused-ring (bicyclic) bond motifs is 3. The Hall–Kier alpha value is -2.99. The molecular weight excluding hydrogens is 386 g/mol. The van der Waals surface area contributed by atoms with Crippen LogP contribution in [-0.2, 0) is 12.8 Å². The molecule has 4 aromatic rings. The van der Waals surface area contributed by atoms with Gasteiger partial charge >= 0.3 is 0 Å². The predicted molar refractivity (Wildman–Crippen MR) is 122 cm³/mol. The van der Waals surface area contributed by atoms with E-state index in [0.717, 1.165) is 61.0 Å². The van der Waals surface area contributed by atoms with Crippen molar-refractivity contribution < 1.29 is 5.11 Å². The average molecular weight is 414 g/mol. The van der Waals surface area contributed by atoms with Crippen molar-refractivity contribution in [2.24, 2.45) is 5.92 Å². The molecule has 4 heterocycles. The fourth-order valence-corrected chi connectivity index (χ4v) is 5.41. The predicted octanol–water partition coefficient (Wildman–Crippen LogP) is 4.28. The molecule has 1 aliphatic carbocycles. The van der Waals surface area contributed by atoms with Crippen LogP contribution < -0.4 is 5.32 Å². The lowest BCUT2D eigenvalue weighted by Gasteiger charge is -2.18. The second-order valence-corrected chi connectivity index (χ2v) is 9.09. The first-order valence-electron chi connectivity index (χ1n) is 11.4. The Morgan fingerprint density at radius 2 is 2.10 bits per heavy atom. The number of benzene rings is 1. The number of nitrogens with one attached hydrogen (secondary N) is 1. The van der Waals surface area contributed by atoms with Gasteiger partial charge in [0.1, 0.15) is 17.8 Å². The van der Waals surface area contributed by atoms with Crippen LogP contribution in [0.3, 0.4) is 0 Å². The fourth-order valence-electron chi connectivity index (χ4n) is 5.41. The van der Waals surface area contributed by atoms with Gasteiger partial charge < -0.3 is 15.0 Å². The quantitative estimate of drug-likeness (QED) is 0.522. The summed E-state index contributed by atoms with van der Waals surface area (Å²) in [6.07, 6.45) is 11.3. The van der Waals surface area contributed by atoms with Gasteiger partial charge in [0.05, 0.1) is 17.7 Å². The maximum absolute atomic E-state index is 10.8. The van der Waals surface area contributed by atoms with Gasteiger partial charge in [0, 0.05) is 29.7 Å². The van der Waals surface area contributed by atoms with Crippen LogP contribution in [0.4, 0.5) is 5.82 Å². The van der Waals surface area contributed by atoms with Crippen LogP contribution in [-0.4, -0.2) is 37.3 Å². The number of aliphatic hydroxyl groups is 1. The van der Waals surface area contributed by atoms with Crippen LogP contribution in [0.1, 0.15) is 42.9 Å². The topological polar surface area (TPSA) is 75.9 Å². The van der Waals surface area contributed by atoms with E-state index in [2.05, 4.69) is 44.1 Å². The molecule has 0 saturated heterocycles. The van der Waals surface area contributed by atoms with Crippen LogP contribution in [0.2, 0.25) is 0 Å². The Morgan fingerprint density at radius 3 is 3.06 bits per heavy atom. The fraction of sp³-hybridized carbons (Fsp3) is 0.400. The molecule has 31 heavy (non-hydrogen) atoms. The second kappa shape index (κ2) is 7.61. The van der Waals surface area contributed by atoms with E-state index >= 15 is 0 Å². The molecule has 1 saturated carbocycles. The van der Waals surface area contributed by atoms with Gasteiger partial charge in [-0.3, -0.25) is 0 Å². The van der Waals surface area contributed by atoms with Crippen molar-refractivity contribution in [1.82, 2.24) is 19.5 Å². The summed E-state index contributed by atoms with van der Waals surface area (Å²) in [5.41, 5.74) is 4.65. The highest BCUT2D eigenvalue weighted by Crippen LogP contribution is 2.39. The molecule has 158 valence electrons. The zero-order chi connectivity index (χ0) is 20.8. The third-order valence-corrected chi connectivity index (χ3v) is 7.05. The standard InChI is InChI=1S/C25H27N5O/c31-23-12-17(11-22(23)30-9-7-20-14-26-15-28-25(20)30)4-3-16-5-6-18-13-19-2-1-8-27-24(19)29-21(18)10-16/h5-7,9-10,13-15,17,22-23,31H,1-4,8,11-12H2,(H,27,29)/t17-,22+,23+/m0/s1. The number of rotatable bonds is 4. The van der Waals surface area contributed by atoms with Crippen molar-refractivity contribution in [3.05, 3.63) is 60.2 Å². The molecule has 0 spiro atoms. The number of anilines is 1. The maximum Gasteiger partial charge on any atom is 0.143 e. The third-order valence-electron chi connectivity index (χ3n) is 7.05. The zero-order valence-electron chi connectivity index (χ0n) is 17.5. The van der Waals surface area contributed by atoms with E-state index in [1.165, 1.54) is 22.9 Å². The van der Waals surface area contributed by atoms with Crippen LogP contribution >= 0.6 is 0 Å². The molecule has 1 fully saturated rings. The second-order valence-electron chi connectivity index (χ2n) is 9.09. The molecule has 0 unspecified atom stereocenters. The molecule has 3 aromatic heterocycles. The van der Waals surface area contributed by atoms with E-state index in [9.17, 15) is 5.11 Å².